The van der Waals surface area contributed by atoms with Gasteiger partial charge in [0.1, 0.15) is 12.4 Å². The molecule has 2 aromatic carbocycles. The summed E-state index contributed by atoms with van der Waals surface area (Å²) < 4.78 is 5.93. The summed E-state index contributed by atoms with van der Waals surface area (Å²) >= 11 is 0. The molecule has 2 nitrogen and oxygen atoms in total. The SMILES string of the molecule is CC(C)(C)CNc1ccccc1OCc1ccccc1. The fourth-order valence-electron chi connectivity index (χ4n) is 1.83. The first-order valence-electron chi connectivity index (χ1n) is 7.04. The summed E-state index contributed by atoms with van der Waals surface area (Å²) in [6.45, 7) is 8.15. The maximum atomic E-state index is 5.93. The topological polar surface area (TPSA) is 21.3 Å². The van der Waals surface area contributed by atoms with Crippen molar-refractivity contribution in [2.24, 2.45) is 5.41 Å². The van der Waals surface area contributed by atoms with E-state index in [2.05, 4.69) is 44.3 Å². The first-order valence-corrected chi connectivity index (χ1v) is 7.04. The Morgan fingerprint density at radius 1 is 0.900 bits per heavy atom. The summed E-state index contributed by atoms with van der Waals surface area (Å²) in [5, 5.41) is 3.46. The summed E-state index contributed by atoms with van der Waals surface area (Å²) in [7, 11) is 0. The molecule has 0 aliphatic heterocycles. The van der Waals surface area contributed by atoms with E-state index >= 15 is 0 Å². The number of benzene rings is 2. The predicted molar refractivity (Wildman–Crippen MR) is 85.2 cm³/mol. The predicted octanol–water partition coefficient (Wildman–Crippen LogP) is 4.72. The second-order valence-corrected chi connectivity index (χ2v) is 6.18. The highest BCUT2D eigenvalue weighted by molar-refractivity contribution is 5.56. The summed E-state index contributed by atoms with van der Waals surface area (Å²) in [5.41, 5.74) is 2.48. The van der Waals surface area contributed by atoms with Crippen LogP contribution in [0.15, 0.2) is 54.6 Å². The van der Waals surface area contributed by atoms with Crippen LogP contribution in [-0.4, -0.2) is 6.54 Å². The third-order valence-corrected chi connectivity index (χ3v) is 2.93. The van der Waals surface area contributed by atoms with Crippen molar-refractivity contribution in [3.63, 3.8) is 0 Å². The molecule has 0 radical (unpaired) electrons. The van der Waals surface area contributed by atoms with Gasteiger partial charge in [-0.3, -0.25) is 0 Å². The Morgan fingerprint density at radius 3 is 2.25 bits per heavy atom. The largest absolute Gasteiger partial charge is 0.487 e. The Hall–Kier alpha value is -1.96. The second kappa shape index (κ2) is 6.47. The lowest BCUT2D eigenvalue weighted by molar-refractivity contribution is 0.307. The average Bonchev–Trinajstić information content (AvgIpc) is 2.44. The van der Waals surface area contributed by atoms with Gasteiger partial charge in [0, 0.05) is 6.54 Å². The van der Waals surface area contributed by atoms with Crippen molar-refractivity contribution < 1.29 is 4.74 Å². The molecule has 0 aliphatic carbocycles. The minimum absolute atomic E-state index is 0.243. The van der Waals surface area contributed by atoms with Gasteiger partial charge in [-0.2, -0.15) is 0 Å². The molecule has 106 valence electrons. The Morgan fingerprint density at radius 2 is 1.55 bits per heavy atom. The lowest BCUT2D eigenvalue weighted by Gasteiger charge is -2.21. The van der Waals surface area contributed by atoms with Gasteiger partial charge < -0.3 is 10.1 Å². The van der Waals surface area contributed by atoms with Gasteiger partial charge in [0.05, 0.1) is 5.69 Å². The number of rotatable bonds is 5. The maximum Gasteiger partial charge on any atom is 0.142 e. The van der Waals surface area contributed by atoms with Crippen LogP contribution in [0, 0.1) is 5.41 Å². The Labute approximate surface area is 121 Å². The molecule has 0 amide bonds. The van der Waals surface area contributed by atoms with E-state index in [0.717, 1.165) is 18.0 Å². The summed E-state index contributed by atoms with van der Waals surface area (Å²) in [4.78, 5) is 0. The zero-order valence-corrected chi connectivity index (χ0v) is 12.5. The van der Waals surface area contributed by atoms with E-state index in [9.17, 15) is 0 Å². The van der Waals surface area contributed by atoms with Crippen LogP contribution in [0.4, 0.5) is 5.69 Å². The molecule has 0 saturated carbocycles. The molecule has 0 fully saturated rings. The normalized spacial score (nSPS) is 11.2. The van der Waals surface area contributed by atoms with Gasteiger partial charge in [-0.1, -0.05) is 63.2 Å². The van der Waals surface area contributed by atoms with Crippen molar-refractivity contribution >= 4 is 5.69 Å². The van der Waals surface area contributed by atoms with E-state index in [1.807, 2.05) is 36.4 Å². The Kier molecular flexibility index (Phi) is 4.67. The van der Waals surface area contributed by atoms with Crippen LogP contribution in [0.2, 0.25) is 0 Å². The van der Waals surface area contributed by atoms with Crippen LogP contribution in [0.5, 0.6) is 5.75 Å². The number of anilines is 1. The fraction of sp³-hybridized carbons (Fsp3) is 0.333. The van der Waals surface area contributed by atoms with Crippen LogP contribution < -0.4 is 10.1 Å². The average molecular weight is 269 g/mol. The lowest BCUT2D eigenvalue weighted by Crippen LogP contribution is -2.19. The molecule has 2 aromatic rings. The third-order valence-electron chi connectivity index (χ3n) is 2.93. The Bertz CT molecular complexity index is 529. The summed E-state index contributed by atoms with van der Waals surface area (Å²) in [6, 6.07) is 18.3. The minimum atomic E-state index is 0.243. The molecule has 0 heterocycles. The van der Waals surface area contributed by atoms with E-state index in [-0.39, 0.29) is 5.41 Å². The van der Waals surface area contributed by atoms with Crippen LogP contribution in [0.1, 0.15) is 26.3 Å². The van der Waals surface area contributed by atoms with Crippen molar-refractivity contribution in [2.45, 2.75) is 27.4 Å². The zero-order chi connectivity index (χ0) is 14.4. The standard InChI is InChI=1S/C18H23NO/c1-18(2,3)14-19-16-11-7-8-12-17(16)20-13-15-9-5-4-6-10-15/h4-12,19H,13-14H2,1-3H3. The van der Waals surface area contributed by atoms with Gasteiger partial charge >= 0.3 is 0 Å². The number of hydrogen-bond acceptors (Lipinski definition) is 2. The molecule has 2 rings (SSSR count). The first kappa shape index (κ1) is 14.4. The lowest BCUT2D eigenvalue weighted by atomic mass is 9.97. The maximum absolute atomic E-state index is 5.93. The minimum Gasteiger partial charge on any atom is -0.487 e. The van der Waals surface area contributed by atoms with Crippen molar-refractivity contribution in [3.8, 4) is 5.75 Å². The van der Waals surface area contributed by atoms with E-state index in [0.29, 0.717) is 6.61 Å². The van der Waals surface area contributed by atoms with Gasteiger partial charge in [-0.15, -0.1) is 0 Å². The smallest absolute Gasteiger partial charge is 0.142 e. The number of para-hydroxylation sites is 2. The van der Waals surface area contributed by atoms with Gasteiger partial charge in [0.2, 0.25) is 0 Å². The van der Waals surface area contributed by atoms with Crippen LogP contribution in [-0.2, 0) is 6.61 Å². The second-order valence-electron chi connectivity index (χ2n) is 6.18. The molecule has 0 saturated heterocycles. The van der Waals surface area contributed by atoms with E-state index in [1.54, 1.807) is 0 Å². The quantitative estimate of drug-likeness (QED) is 0.847. The highest BCUT2D eigenvalue weighted by atomic mass is 16.5. The molecule has 0 unspecified atom stereocenters. The molecule has 0 spiro atoms. The molecular weight excluding hydrogens is 246 g/mol. The zero-order valence-electron chi connectivity index (χ0n) is 12.5. The Balaban J connectivity index is 2.01. The highest BCUT2D eigenvalue weighted by Crippen LogP contribution is 2.26. The molecule has 0 bridgehead atoms. The molecule has 0 aliphatic rings. The molecule has 0 aromatic heterocycles. The first-order chi connectivity index (χ1) is 9.54. The van der Waals surface area contributed by atoms with E-state index in [4.69, 9.17) is 4.74 Å². The van der Waals surface area contributed by atoms with Crippen molar-refractivity contribution in [2.75, 3.05) is 11.9 Å². The molecular formula is C18H23NO. The monoisotopic (exact) mass is 269 g/mol. The van der Waals surface area contributed by atoms with Crippen LogP contribution >= 0.6 is 0 Å². The van der Waals surface area contributed by atoms with Crippen molar-refractivity contribution in [1.82, 2.24) is 0 Å². The number of hydrogen-bond donors (Lipinski definition) is 1. The van der Waals surface area contributed by atoms with Gasteiger partial charge in [0.15, 0.2) is 0 Å². The van der Waals surface area contributed by atoms with Crippen LogP contribution in [0.3, 0.4) is 0 Å². The molecule has 0 atom stereocenters. The van der Waals surface area contributed by atoms with Crippen LogP contribution in [0.25, 0.3) is 0 Å². The van der Waals surface area contributed by atoms with E-state index in [1.165, 1.54) is 5.56 Å². The summed E-state index contributed by atoms with van der Waals surface area (Å²) in [5.74, 6) is 0.903. The summed E-state index contributed by atoms with van der Waals surface area (Å²) in [6.07, 6.45) is 0. The molecule has 1 N–H and O–H groups in total. The van der Waals surface area contributed by atoms with E-state index < -0.39 is 0 Å². The fourth-order valence-corrected chi connectivity index (χ4v) is 1.83. The van der Waals surface area contributed by atoms with Gasteiger partial charge in [-0.25, -0.2) is 0 Å². The van der Waals surface area contributed by atoms with Gasteiger partial charge in [0.25, 0.3) is 0 Å². The highest BCUT2D eigenvalue weighted by Gasteiger charge is 2.11. The van der Waals surface area contributed by atoms with Gasteiger partial charge in [-0.05, 0) is 23.1 Å². The number of ether oxygens (including phenoxy) is 1. The third kappa shape index (κ3) is 4.61. The molecule has 20 heavy (non-hydrogen) atoms. The van der Waals surface area contributed by atoms with Crippen molar-refractivity contribution in [1.29, 1.82) is 0 Å². The number of nitrogens with one attached hydrogen (secondary N) is 1. The molecule has 2 heteroatoms. The van der Waals surface area contributed by atoms with Crippen molar-refractivity contribution in [3.05, 3.63) is 60.2 Å².